The average Bonchev–Trinajstić information content (AvgIpc) is 2.98. The van der Waals surface area contributed by atoms with Crippen molar-refractivity contribution in [3.63, 3.8) is 0 Å². The minimum atomic E-state index is 0.421. The predicted molar refractivity (Wildman–Crippen MR) is 88.8 cm³/mol. The van der Waals surface area contributed by atoms with Crippen LogP contribution in [0.15, 0.2) is 18.3 Å². The van der Waals surface area contributed by atoms with Crippen molar-refractivity contribution in [1.82, 2.24) is 4.98 Å². The molecule has 5 nitrogen and oxygen atoms in total. The molecular weight excluding hydrogens is 290 g/mol. The van der Waals surface area contributed by atoms with Gasteiger partial charge < -0.3 is 19.7 Å². The Hall–Kier alpha value is -1.33. The van der Waals surface area contributed by atoms with Gasteiger partial charge in [-0.1, -0.05) is 6.42 Å². The van der Waals surface area contributed by atoms with Crippen LogP contribution in [0.4, 0.5) is 11.5 Å². The molecule has 2 aliphatic carbocycles. The first-order valence-electron chi connectivity index (χ1n) is 9.04. The second-order valence-electron chi connectivity index (χ2n) is 7.46. The highest BCUT2D eigenvalue weighted by molar-refractivity contribution is 5.50. The summed E-state index contributed by atoms with van der Waals surface area (Å²) in [5.74, 6) is 1.77. The van der Waals surface area contributed by atoms with Gasteiger partial charge >= 0.3 is 0 Å². The van der Waals surface area contributed by atoms with E-state index < -0.39 is 0 Å². The standard InChI is InChI=1S/C18H25N3O2/c1-5-18(6-1)16(14-4-9-23-17(14)18)20-13-2-3-15(19-12-13)21-7-10-22-11-8-21/h2-3,12,14,16-17,20H,1,4-11H2/t14-,16+,17-/m0/s1. The first-order chi connectivity index (χ1) is 11.4. The number of nitrogens with zero attached hydrogens (tertiary/aromatic N) is 2. The zero-order valence-corrected chi connectivity index (χ0v) is 13.5. The Balaban J connectivity index is 1.29. The summed E-state index contributed by atoms with van der Waals surface area (Å²) in [6, 6.07) is 4.91. The molecule has 4 aliphatic rings. The van der Waals surface area contributed by atoms with Crippen LogP contribution in [0.5, 0.6) is 0 Å². The molecule has 0 bridgehead atoms. The van der Waals surface area contributed by atoms with Crippen LogP contribution < -0.4 is 10.2 Å². The summed E-state index contributed by atoms with van der Waals surface area (Å²) in [7, 11) is 0. The molecule has 0 unspecified atom stereocenters. The van der Waals surface area contributed by atoms with Gasteiger partial charge in [0.05, 0.1) is 31.2 Å². The molecule has 2 saturated heterocycles. The molecule has 1 N–H and O–H groups in total. The van der Waals surface area contributed by atoms with Crippen LogP contribution in [0.3, 0.4) is 0 Å². The van der Waals surface area contributed by atoms with Crippen LogP contribution in [0.2, 0.25) is 0 Å². The number of morpholine rings is 1. The monoisotopic (exact) mass is 315 g/mol. The van der Waals surface area contributed by atoms with Crippen molar-refractivity contribution < 1.29 is 9.47 Å². The highest BCUT2D eigenvalue weighted by atomic mass is 16.5. The van der Waals surface area contributed by atoms with Crippen LogP contribution in [0.25, 0.3) is 0 Å². The lowest BCUT2D eigenvalue weighted by atomic mass is 9.46. The molecule has 0 radical (unpaired) electrons. The summed E-state index contributed by atoms with van der Waals surface area (Å²) in [6.45, 7) is 4.42. The molecule has 0 aromatic carbocycles. The summed E-state index contributed by atoms with van der Waals surface area (Å²) >= 11 is 0. The van der Waals surface area contributed by atoms with E-state index in [0.29, 0.717) is 23.5 Å². The molecule has 3 heterocycles. The fourth-order valence-corrected chi connectivity index (χ4v) is 5.09. The Labute approximate surface area is 137 Å². The second-order valence-corrected chi connectivity index (χ2v) is 7.46. The van der Waals surface area contributed by atoms with E-state index >= 15 is 0 Å². The molecule has 1 spiro atoms. The van der Waals surface area contributed by atoms with Gasteiger partial charge in [-0.3, -0.25) is 0 Å². The number of ether oxygens (including phenoxy) is 2. The maximum atomic E-state index is 6.00. The molecule has 23 heavy (non-hydrogen) atoms. The molecule has 3 atom stereocenters. The van der Waals surface area contributed by atoms with E-state index in [-0.39, 0.29) is 0 Å². The number of fused-ring (bicyclic) bond motifs is 2. The van der Waals surface area contributed by atoms with E-state index in [0.717, 1.165) is 44.4 Å². The Bertz CT molecular complexity index is 566. The molecule has 2 saturated carbocycles. The van der Waals surface area contributed by atoms with E-state index in [1.807, 2.05) is 6.20 Å². The quantitative estimate of drug-likeness (QED) is 0.927. The van der Waals surface area contributed by atoms with Crippen molar-refractivity contribution in [3.05, 3.63) is 18.3 Å². The summed E-state index contributed by atoms with van der Waals surface area (Å²) in [5, 5.41) is 3.79. The molecule has 4 fully saturated rings. The lowest BCUT2D eigenvalue weighted by molar-refractivity contribution is -0.158. The molecule has 1 aromatic heterocycles. The topological polar surface area (TPSA) is 46.6 Å². The predicted octanol–water partition coefficient (Wildman–Crippen LogP) is 2.29. The van der Waals surface area contributed by atoms with E-state index in [1.165, 1.54) is 25.7 Å². The van der Waals surface area contributed by atoms with Gasteiger partial charge in [-0.2, -0.15) is 0 Å². The lowest BCUT2D eigenvalue weighted by Gasteiger charge is -2.63. The van der Waals surface area contributed by atoms with E-state index in [4.69, 9.17) is 9.47 Å². The van der Waals surface area contributed by atoms with E-state index in [2.05, 4.69) is 27.3 Å². The number of pyridine rings is 1. The van der Waals surface area contributed by atoms with Crippen LogP contribution >= 0.6 is 0 Å². The lowest BCUT2D eigenvalue weighted by Crippen LogP contribution is -2.68. The first kappa shape index (κ1) is 14.1. The second kappa shape index (κ2) is 5.35. The highest BCUT2D eigenvalue weighted by Crippen LogP contribution is 2.63. The number of nitrogens with one attached hydrogen (secondary N) is 1. The average molecular weight is 315 g/mol. The van der Waals surface area contributed by atoms with Crippen LogP contribution in [-0.4, -0.2) is 50.0 Å². The van der Waals surface area contributed by atoms with E-state index in [1.54, 1.807) is 0 Å². The normalized spacial score (nSPS) is 34.6. The van der Waals surface area contributed by atoms with Gasteiger partial charge in [0.25, 0.3) is 0 Å². The Morgan fingerprint density at radius 2 is 2.04 bits per heavy atom. The maximum absolute atomic E-state index is 6.00. The summed E-state index contributed by atoms with van der Waals surface area (Å²) in [6.07, 6.45) is 7.74. The van der Waals surface area contributed by atoms with Crippen molar-refractivity contribution in [1.29, 1.82) is 0 Å². The molecule has 5 rings (SSSR count). The molecule has 124 valence electrons. The molecule has 0 amide bonds. The summed E-state index contributed by atoms with van der Waals surface area (Å²) < 4.78 is 11.4. The van der Waals surface area contributed by atoms with Gasteiger partial charge in [0, 0.05) is 37.1 Å². The maximum Gasteiger partial charge on any atom is 0.128 e. The fraction of sp³-hybridized carbons (Fsp3) is 0.722. The third-order valence-electron chi connectivity index (χ3n) is 6.44. The molecular formula is C18H25N3O2. The summed E-state index contributed by atoms with van der Waals surface area (Å²) in [4.78, 5) is 6.96. The zero-order valence-electron chi connectivity index (χ0n) is 13.5. The fourth-order valence-electron chi connectivity index (χ4n) is 5.09. The van der Waals surface area contributed by atoms with Crippen molar-refractivity contribution in [2.75, 3.05) is 43.1 Å². The van der Waals surface area contributed by atoms with Gasteiger partial charge in [0.1, 0.15) is 5.82 Å². The number of hydrogen-bond acceptors (Lipinski definition) is 5. The third-order valence-corrected chi connectivity index (χ3v) is 6.44. The minimum Gasteiger partial charge on any atom is -0.380 e. The van der Waals surface area contributed by atoms with Gasteiger partial charge in [-0.25, -0.2) is 4.98 Å². The van der Waals surface area contributed by atoms with Gasteiger partial charge in [-0.05, 0) is 31.4 Å². The first-order valence-corrected chi connectivity index (χ1v) is 9.04. The van der Waals surface area contributed by atoms with Crippen LogP contribution in [0.1, 0.15) is 25.7 Å². The highest BCUT2D eigenvalue weighted by Gasteiger charge is 2.66. The SMILES string of the molecule is c1cc(N2CCOCC2)ncc1N[C@@H]1[C@@H]2CCO[C@@H]2C12CCC2. The third kappa shape index (κ3) is 2.09. The van der Waals surface area contributed by atoms with Gasteiger partial charge in [0.15, 0.2) is 0 Å². The van der Waals surface area contributed by atoms with Crippen LogP contribution in [0, 0.1) is 11.3 Å². The Kier molecular flexibility index (Phi) is 3.27. The van der Waals surface area contributed by atoms with Gasteiger partial charge in [0.2, 0.25) is 0 Å². The molecule has 1 aromatic rings. The van der Waals surface area contributed by atoms with Crippen molar-refractivity contribution in [3.8, 4) is 0 Å². The van der Waals surface area contributed by atoms with Gasteiger partial charge in [-0.15, -0.1) is 0 Å². The zero-order chi connectivity index (χ0) is 15.3. The Morgan fingerprint density at radius 3 is 2.74 bits per heavy atom. The number of hydrogen-bond donors (Lipinski definition) is 1. The van der Waals surface area contributed by atoms with Crippen molar-refractivity contribution in [2.24, 2.45) is 11.3 Å². The largest absolute Gasteiger partial charge is 0.380 e. The molecule has 2 aliphatic heterocycles. The number of anilines is 2. The minimum absolute atomic E-state index is 0.421. The molecule has 5 heteroatoms. The number of rotatable bonds is 3. The smallest absolute Gasteiger partial charge is 0.128 e. The summed E-state index contributed by atoms with van der Waals surface area (Å²) in [5.41, 5.74) is 1.58. The van der Waals surface area contributed by atoms with E-state index in [9.17, 15) is 0 Å². The Morgan fingerprint density at radius 1 is 1.17 bits per heavy atom. The van der Waals surface area contributed by atoms with Crippen molar-refractivity contribution >= 4 is 11.5 Å². The van der Waals surface area contributed by atoms with Crippen LogP contribution in [-0.2, 0) is 9.47 Å². The number of aromatic nitrogens is 1. The van der Waals surface area contributed by atoms with Crippen molar-refractivity contribution in [2.45, 2.75) is 37.8 Å².